The van der Waals surface area contributed by atoms with Gasteiger partial charge >= 0.3 is 0 Å². The number of hydrogen-bond donors (Lipinski definition) is 0. The monoisotopic (exact) mass is 390 g/mol. The number of aromatic nitrogens is 2. The van der Waals surface area contributed by atoms with Crippen molar-refractivity contribution in [2.45, 2.75) is 19.8 Å². The Hall–Kier alpha value is -1.89. The van der Waals surface area contributed by atoms with Gasteiger partial charge in [-0.15, -0.1) is 0 Å². The van der Waals surface area contributed by atoms with Crippen molar-refractivity contribution >= 4 is 35.1 Å². The molecule has 128 valence electrons. The van der Waals surface area contributed by atoms with Gasteiger partial charge in [0.1, 0.15) is 21.6 Å². The SMILES string of the molecule is COc1cccc(Sc2cc(Sc3cccc(OC)c3)nc(Cl)n2)c1. The fourth-order valence-electron chi connectivity index (χ4n) is 2.05. The summed E-state index contributed by atoms with van der Waals surface area (Å²) >= 11 is 9.12. The van der Waals surface area contributed by atoms with Crippen LogP contribution in [0.25, 0.3) is 0 Å². The summed E-state index contributed by atoms with van der Waals surface area (Å²) in [6.45, 7) is 0. The molecule has 3 aromatic rings. The largest absolute Gasteiger partial charge is 0.497 e. The summed E-state index contributed by atoms with van der Waals surface area (Å²) in [6, 6.07) is 17.5. The zero-order chi connectivity index (χ0) is 17.6. The molecule has 25 heavy (non-hydrogen) atoms. The quantitative estimate of drug-likeness (QED) is 0.412. The maximum atomic E-state index is 6.10. The summed E-state index contributed by atoms with van der Waals surface area (Å²) < 4.78 is 10.5. The maximum absolute atomic E-state index is 6.10. The lowest BCUT2D eigenvalue weighted by atomic mass is 10.3. The molecular weight excluding hydrogens is 376 g/mol. The molecule has 0 unspecified atom stereocenters. The van der Waals surface area contributed by atoms with E-state index in [1.54, 1.807) is 14.2 Å². The molecule has 4 nitrogen and oxygen atoms in total. The lowest BCUT2D eigenvalue weighted by Crippen LogP contribution is -1.89. The number of methoxy groups -OCH3 is 2. The molecule has 0 atom stereocenters. The molecule has 0 aliphatic carbocycles. The fraction of sp³-hybridized carbons (Fsp3) is 0.111. The molecule has 1 heterocycles. The van der Waals surface area contributed by atoms with Crippen LogP contribution in [0.2, 0.25) is 5.28 Å². The predicted octanol–water partition coefficient (Wildman–Crippen LogP) is 5.45. The second-order valence-corrected chi connectivity index (χ2v) is 7.40. The van der Waals surface area contributed by atoms with Crippen LogP contribution in [-0.2, 0) is 0 Å². The second-order valence-electron chi connectivity index (χ2n) is 4.88. The van der Waals surface area contributed by atoms with Crippen molar-refractivity contribution in [3.8, 4) is 11.5 Å². The van der Waals surface area contributed by atoms with Crippen LogP contribution < -0.4 is 9.47 Å². The van der Waals surface area contributed by atoms with E-state index >= 15 is 0 Å². The highest BCUT2D eigenvalue weighted by atomic mass is 35.5. The Balaban J connectivity index is 1.82. The molecule has 7 heteroatoms. The first kappa shape index (κ1) is 17.9. The zero-order valence-corrected chi connectivity index (χ0v) is 16.0. The van der Waals surface area contributed by atoms with Gasteiger partial charge in [0, 0.05) is 15.9 Å². The van der Waals surface area contributed by atoms with E-state index in [9.17, 15) is 0 Å². The molecule has 0 fully saturated rings. The molecule has 2 aromatic carbocycles. The zero-order valence-electron chi connectivity index (χ0n) is 13.6. The third-order valence-electron chi connectivity index (χ3n) is 3.18. The Morgan fingerprint density at radius 2 is 1.24 bits per heavy atom. The van der Waals surface area contributed by atoms with Gasteiger partial charge in [0.05, 0.1) is 14.2 Å². The summed E-state index contributed by atoms with van der Waals surface area (Å²) in [5.74, 6) is 1.60. The lowest BCUT2D eigenvalue weighted by molar-refractivity contribution is 0.413. The molecule has 0 N–H and O–H groups in total. The van der Waals surface area contributed by atoms with Crippen molar-refractivity contribution < 1.29 is 9.47 Å². The van der Waals surface area contributed by atoms with Crippen molar-refractivity contribution in [3.05, 3.63) is 59.9 Å². The highest BCUT2D eigenvalue weighted by Crippen LogP contribution is 2.34. The number of halogens is 1. The van der Waals surface area contributed by atoms with Gasteiger partial charge in [0.25, 0.3) is 0 Å². The van der Waals surface area contributed by atoms with E-state index in [0.717, 1.165) is 31.3 Å². The maximum Gasteiger partial charge on any atom is 0.224 e. The van der Waals surface area contributed by atoms with E-state index in [4.69, 9.17) is 21.1 Å². The minimum Gasteiger partial charge on any atom is -0.497 e. The van der Waals surface area contributed by atoms with Crippen LogP contribution in [0.15, 0.2) is 74.4 Å². The van der Waals surface area contributed by atoms with Crippen LogP contribution in [0.1, 0.15) is 0 Å². The first-order valence-corrected chi connectivity index (χ1v) is 9.36. The number of hydrogen-bond acceptors (Lipinski definition) is 6. The van der Waals surface area contributed by atoms with E-state index < -0.39 is 0 Å². The standard InChI is InChI=1S/C18H15ClN2O2S2/c1-22-12-5-3-7-14(9-12)24-16-11-17(21-18(19)20-16)25-15-8-4-6-13(10-15)23-2/h3-11H,1-2H3. The molecule has 0 saturated carbocycles. The molecule has 0 amide bonds. The molecule has 0 radical (unpaired) electrons. The smallest absolute Gasteiger partial charge is 0.224 e. The van der Waals surface area contributed by atoms with Crippen LogP contribution in [0, 0.1) is 0 Å². The van der Waals surface area contributed by atoms with Crippen LogP contribution >= 0.6 is 35.1 Å². The average Bonchev–Trinajstić information content (AvgIpc) is 2.61. The van der Waals surface area contributed by atoms with E-state index in [1.165, 1.54) is 23.5 Å². The topological polar surface area (TPSA) is 44.2 Å². The van der Waals surface area contributed by atoms with Crippen molar-refractivity contribution in [1.82, 2.24) is 9.97 Å². The van der Waals surface area contributed by atoms with Gasteiger partial charge in [0.2, 0.25) is 5.28 Å². The van der Waals surface area contributed by atoms with Crippen molar-refractivity contribution in [1.29, 1.82) is 0 Å². The van der Waals surface area contributed by atoms with Gasteiger partial charge in [-0.05, 0) is 48.0 Å². The molecular formula is C18H15ClN2O2S2. The van der Waals surface area contributed by atoms with Gasteiger partial charge in [-0.25, -0.2) is 9.97 Å². The Bertz CT molecular complexity index is 809. The normalized spacial score (nSPS) is 10.5. The second kappa shape index (κ2) is 8.47. The molecule has 0 bridgehead atoms. The third-order valence-corrected chi connectivity index (χ3v) is 5.16. The molecule has 0 spiro atoms. The first-order chi connectivity index (χ1) is 12.2. The Kier molecular flexibility index (Phi) is 6.07. The molecule has 0 aliphatic heterocycles. The minimum atomic E-state index is 0.221. The summed E-state index contributed by atoms with van der Waals surface area (Å²) in [7, 11) is 3.29. The van der Waals surface area contributed by atoms with Gasteiger partial charge < -0.3 is 9.47 Å². The lowest BCUT2D eigenvalue weighted by Gasteiger charge is -2.07. The molecule has 0 saturated heterocycles. The van der Waals surface area contributed by atoms with E-state index in [1.807, 2.05) is 54.6 Å². The first-order valence-electron chi connectivity index (χ1n) is 7.34. The Morgan fingerprint density at radius 3 is 1.68 bits per heavy atom. The fourth-order valence-corrected chi connectivity index (χ4v) is 4.14. The summed E-state index contributed by atoms with van der Waals surface area (Å²) in [6.07, 6.45) is 0. The number of ether oxygens (including phenoxy) is 2. The van der Waals surface area contributed by atoms with Crippen LogP contribution in [0.3, 0.4) is 0 Å². The van der Waals surface area contributed by atoms with Gasteiger partial charge in [-0.2, -0.15) is 0 Å². The van der Waals surface area contributed by atoms with Gasteiger partial charge in [-0.1, -0.05) is 35.7 Å². The summed E-state index contributed by atoms with van der Waals surface area (Å²) in [4.78, 5) is 10.6. The van der Waals surface area contributed by atoms with Crippen LogP contribution in [0.4, 0.5) is 0 Å². The van der Waals surface area contributed by atoms with Crippen molar-refractivity contribution in [2.75, 3.05) is 14.2 Å². The highest BCUT2D eigenvalue weighted by molar-refractivity contribution is 8.00. The van der Waals surface area contributed by atoms with E-state index in [2.05, 4.69) is 9.97 Å². The number of rotatable bonds is 6. The Labute approximate surface area is 159 Å². The van der Waals surface area contributed by atoms with E-state index in [0.29, 0.717) is 0 Å². The van der Waals surface area contributed by atoms with E-state index in [-0.39, 0.29) is 5.28 Å². The summed E-state index contributed by atoms with van der Waals surface area (Å²) in [5.41, 5.74) is 0. The van der Waals surface area contributed by atoms with Gasteiger partial charge in [0.15, 0.2) is 0 Å². The third kappa shape index (κ3) is 5.04. The highest BCUT2D eigenvalue weighted by Gasteiger charge is 2.08. The summed E-state index contributed by atoms with van der Waals surface area (Å²) in [5, 5.41) is 1.77. The molecule has 1 aromatic heterocycles. The van der Waals surface area contributed by atoms with Gasteiger partial charge in [-0.3, -0.25) is 0 Å². The van der Waals surface area contributed by atoms with Crippen LogP contribution in [0.5, 0.6) is 11.5 Å². The average molecular weight is 391 g/mol. The van der Waals surface area contributed by atoms with Crippen molar-refractivity contribution in [3.63, 3.8) is 0 Å². The molecule has 3 rings (SSSR count). The molecule has 0 aliphatic rings. The number of nitrogens with zero attached hydrogens (tertiary/aromatic N) is 2. The van der Waals surface area contributed by atoms with Crippen molar-refractivity contribution in [2.24, 2.45) is 0 Å². The van der Waals surface area contributed by atoms with Crippen LogP contribution in [-0.4, -0.2) is 24.2 Å². The Morgan fingerprint density at radius 1 is 0.760 bits per heavy atom. The predicted molar refractivity (Wildman–Crippen MR) is 101 cm³/mol. The number of benzene rings is 2. The minimum absolute atomic E-state index is 0.221.